The monoisotopic (exact) mass is 419 g/mol. The van der Waals surface area contributed by atoms with Crippen LogP contribution in [0.1, 0.15) is 32.3 Å². The van der Waals surface area contributed by atoms with E-state index in [-0.39, 0.29) is 11.9 Å². The number of benzene rings is 1. The van der Waals surface area contributed by atoms with Crippen molar-refractivity contribution in [2.24, 2.45) is 4.99 Å². The summed E-state index contributed by atoms with van der Waals surface area (Å²) in [7, 11) is 5.16. The van der Waals surface area contributed by atoms with E-state index in [0.717, 1.165) is 62.2 Å². The largest absolute Gasteiger partial charge is 0.497 e. The second-order valence-electron chi connectivity index (χ2n) is 7.54. The molecule has 0 spiro atoms. The van der Waals surface area contributed by atoms with Gasteiger partial charge in [0.05, 0.1) is 14.2 Å². The number of carbonyl (C=O) groups excluding carboxylic acids is 1. The average molecular weight is 420 g/mol. The Kier molecular flexibility index (Phi) is 9.73. The molecule has 8 heteroatoms. The van der Waals surface area contributed by atoms with Crippen LogP contribution in [0.15, 0.2) is 23.2 Å². The van der Waals surface area contributed by atoms with Gasteiger partial charge in [-0.3, -0.25) is 14.7 Å². The lowest BCUT2D eigenvalue weighted by atomic mass is 10.1. The van der Waals surface area contributed by atoms with Crippen molar-refractivity contribution in [3.63, 3.8) is 0 Å². The van der Waals surface area contributed by atoms with E-state index in [2.05, 4.69) is 32.3 Å². The fourth-order valence-corrected chi connectivity index (χ4v) is 3.43. The Labute approximate surface area is 180 Å². The van der Waals surface area contributed by atoms with Crippen molar-refractivity contribution < 1.29 is 14.3 Å². The maximum atomic E-state index is 11.9. The van der Waals surface area contributed by atoms with E-state index >= 15 is 0 Å². The molecular formula is C22H37N5O3. The molecule has 1 amide bonds. The van der Waals surface area contributed by atoms with Crippen LogP contribution in [0.2, 0.25) is 0 Å². The highest BCUT2D eigenvalue weighted by atomic mass is 16.5. The zero-order valence-electron chi connectivity index (χ0n) is 19.0. The van der Waals surface area contributed by atoms with E-state index < -0.39 is 0 Å². The summed E-state index contributed by atoms with van der Waals surface area (Å²) in [4.78, 5) is 21.0. The number of methoxy groups -OCH3 is 2. The Hall–Kier alpha value is -2.48. The van der Waals surface area contributed by atoms with Crippen molar-refractivity contribution in [3.05, 3.63) is 23.8 Å². The van der Waals surface area contributed by atoms with Crippen LogP contribution < -0.4 is 20.1 Å². The molecule has 1 unspecified atom stereocenters. The summed E-state index contributed by atoms with van der Waals surface area (Å²) in [6.45, 7) is 9.09. The molecule has 1 saturated heterocycles. The molecule has 0 bridgehead atoms. The molecule has 1 aliphatic rings. The number of amides is 1. The molecule has 0 saturated carbocycles. The predicted octanol–water partition coefficient (Wildman–Crippen LogP) is 1.70. The minimum atomic E-state index is 0.0735. The number of carbonyl (C=O) groups is 1. The fraction of sp³-hybridized carbons (Fsp3) is 0.636. The number of piperazine rings is 1. The molecule has 168 valence electrons. The Morgan fingerprint density at radius 3 is 2.53 bits per heavy atom. The number of hydrogen-bond donors (Lipinski definition) is 2. The first-order valence-electron chi connectivity index (χ1n) is 10.7. The summed E-state index contributed by atoms with van der Waals surface area (Å²) in [5.41, 5.74) is 1.13. The van der Waals surface area contributed by atoms with Gasteiger partial charge < -0.3 is 25.0 Å². The summed E-state index contributed by atoms with van der Waals surface area (Å²) in [6.07, 6.45) is 1.38. The van der Waals surface area contributed by atoms with Crippen LogP contribution in [0.25, 0.3) is 0 Å². The van der Waals surface area contributed by atoms with Gasteiger partial charge in [0.15, 0.2) is 5.96 Å². The molecular weight excluding hydrogens is 382 g/mol. The van der Waals surface area contributed by atoms with Gasteiger partial charge in [-0.1, -0.05) is 6.92 Å². The average Bonchev–Trinajstić information content (AvgIpc) is 2.77. The number of nitrogens with zero attached hydrogens (tertiary/aromatic N) is 3. The van der Waals surface area contributed by atoms with Crippen LogP contribution in [-0.2, 0) is 11.3 Å². The van der Waals surface area contributed by atoms with Crippen molar-refractivity contribution >= 4 is 11.9 Å². The lowest BCUT2D eigenvalue weighted by molar-refractivity contribution is -0.121. The van der Waals surface area contributed by atoms with Gasteiger partial charge in [-0.25, -0.2) is 0 Å². The molecule has 0 aromatic heterocycles. The maximum absolute atomic E-state index is 11.9. The fourth-order valence-electron chi connectivity index (χ4n) is 3.43. The molecule has 8 nitrogen and oxygen atoms in total. The predicted molar refractivity (Wildman–Crippen MR) is 120 cm³/mol. The number of hydrogen-bond acceptors (Lipinski definition) is 5. The smallest absolute Gasteiger partial charge is 0.221 e. The number of rotatable bonds is 9. The van der Waals surface area contributed by atoms with Crippen LogP contribution >= 0.6 is 0 Å². The molecule has 1 fully saturated rings. The third kappa shape index (κ3) is 7.09. The second-order valence-corrected chi connectivity index (χ2v) is 7.54. The lowest BCUT2D eigenvalue weighted by Gasteiger charge is -2.36. The highest BCUT2D eigenvalue weighted by Gasteiger charge is 2.21. The van der Waals surface area contributed by atoms with Gasteiger partial charge in [0.1, 0.15) is 11.5 Å². The first-order chi connectivity index (χ1) is 14.5. The molecule has 1 aromatic rings. The highest BCUT2D eigenvalue weighted by molar-refractivity contribution is 5.81. The van der Waals surface area contributed by atoms with E-state index in [1.165, 1.54) is 0 Å². The minimum Gasteiger partial charge on any atom is -0.497 e. The summed E-state index contributed by atoms with van der Waals surface area (Å²) >= 11 is 0. The van der Waals surface area contributed by atoms with E-state index in [9.17, 15) is 4.79 Å². The molecule has 30 heavy (non-hydrogen) atoms. The molecule has 0 radical (unpaired) electrons. The van der Waals surface area contributed by atoms with Gasteiger partial charge in [0.25, 0.3) is 0 Å². The third-order valence-corrected chi connectivity index (χ3v) is 5.42. The quantitative estimate of drug-likeness (QED) is 0.469. The van der Waals surface area contributed by atoms with Gasteiger partial charge in [0.2, 0.25) is 5.91 Å². The van der Waals surface area contributed by atoms with Crippen molar-refractivity contribution in [2.45, 2.75) is 39.3 Å². The van der Waals surface area contributed by atoms with Gasteiger partial charge in [-0.2, -0.15) is 0 Å². The van der Waals surface area contributed by atoms with E-state index in [4.69, 9.17) is 9.47 Å². The molecule has 1 aromatic carbocycles. The second kappa shape index (κ2) is 12.3. The number of guanidine groups is 1. The number of nitrogens with one attached hydrogen (secondary N) is 2. The van der Waals surface area contributed by atoms with Crippen LogP contribution in [0.3, 0.4) is 0 Å². The van der Waals surface area contributed by atoms with Crippen molar-refractivity contribution in [1.82, 2.24) is 20.4 Å². The Bertz CT molecular complexity index is 702. The number of aliphatic imine (C=N–C) groups is 1. The van der Waals surface area contributed by atoms with Gasteiger partial charge in [0, 0.05) is 64.3 Å². The van der Waals surface area contributed by atoms with Crippen molar-refractivity contribution in [2.75, 3.05) is 54.0 Å². The molecule has 0 aliphatic carbocycles. The summed E-state index contributed by atoms with van der Waals surface area (Å²) in [5.74, 6) is 2.65. The third-order valence-electron chi connectivity index (χ3n) is 5.42. The minimum absolute atomic E-state index is 0.0735. The highest BCUT2D eigenvalue weighted by Crippen LogP contribution is 2.25. The van der Waals surface area contributed by atoms with E-state index in [1.54, 1.807) is 21.3 Å². The molecule has 2 N–H and O–H groups in total. The Morgan fingerprint density at radius 1 is 1.20 bits per heavy atom. The van der Waals surface area contributed by atoms with Gasteiger partial charge >= 0.3 is 0 Å². The van der Waals surface area contributed by atoms with Crippen LogP contribution in [-0.4, -0.2) is 81.7 Å². The Balaban J connectivity index is 1.80. The first-order valence-corrected chi connectivity index (χ1v) is 10.7. The summed E-state index contributed by atoms with van der Waals surface area (Å²) in [5, 5.41) is 6.31. The van der Waals surface area contributed by atoms with Gasteiger partial charge in [-0.05, 0) is 31.5 Å². The molecule has 2 rings (SSSR count). The van der Waals surface area contributed by atoms with Crippen molar-refractivity contribution in [3.8, 4) is 11.5 Å². The zero-order chi connectivity index (χ0) is 21.9. The standard InChI is InChI=1S/C22H37N5O3/c1-6-17(2)25-21(28)9-10-24-22(23-3)27-13-11-26(12-14-27)16-18-15-19(29-4)7-8-20(18)30-5/h7-8,15,17H,6,9-14,16H2,1-5H3,(H,23,24)(H,25,28). The summed E-state index contributed by atoms with van der Waals surface area (Å²) in [6, 6.07) is 6.12. The van der Waals surface area contributed by atoms with Crippen LogP contribution in [0.5, 0.6) is 11.5 Å². The normalized spacial score (nSPS) is 16.2. The van der Waals surface area contributed by atoms with Crippen LogP contribution in [0.4, 0.5) is 0 Å². The lowest BCUT2D eigenvalue weighted by Crippen LogP contribution is -2.52. The molecule has 1 aliphatic heterocycles. The van der Waals surface area contributed by atoms with Crippen molar-refractivity contribution in [1.29, 1.82) is 0 Å². The van der Waals surface area contributed by atoms with Gasteiger partial charge in [-0.15, -0.1) is 0 Å². The molecule has 1 heterocycles. The topological polar surface area (TPSA) is 78.4 Å². The SMILES string of the molecule is CCC(C)NC(=O)CCNC(=NC)N1CCN(Cc2cc(OC)ccc2OC)CC1. The summed E-state index contributed by atoms with van der Waals surface area (Å²) < 4.78 is 10.9. The van der Waals surface area contributed by atoms with E-state index in [0.29, 0.717) is 13.0 Å². The first kappa shape index (κ1) is 23.8. The Morgan fingerprint density at radius 2 is 1.93 bits per heavy atom. The van der Waals surface area contributed by atoms with Crippen LogP contribution in [0, 0.1) is 0 Å². The van der Waals surface area contributed by atoms with E-state index in [1.807, 2.05) is 25.1 Å². The number of ether oxygens (including phenoxy) is 2. The molecule has 1 atom stereocenters. The zero-order valence-corrected chi connectivity index (χ0v) is 19.0. The maximum Gasteiger partial charge on any atom is 0.221 e.